The fourth-order valence-electron chi connectivity index (χ4n) is 10.8. The molecule has 4 aromatic carbocycles. The largest absolute Gasteiger partial charge is 0.399 e. The molecule has 4 amide bonds. The number of imide groups is 1. The smallest absolute Gasteiger partial charge is 0.329 e. The van der Waals surface area contributed by atoms with Crippen LogP contribution in [0.3, 0.4) is 0 Å². The molecule has 0 saturated carbocycles. The molecule has 0 bridgehead atoms. The van der Waals surface area contributed by atoms with Gasteiger partial charge in [0.25, 0.3) is 5.91 Å². The average Bonchev–Trinajstić information content (AvgIpc) is 3.59. The molecule has 14 nitrogen and oxygen atoms in total. The number of anilines is 2. The van der Waals surface area contributed by atoms with E-state index in [1.54, 1.807) is 23.7 Å². The van der Waals surface area contributed by atoms with Crippen molar-refractivity contribution in [1.82, 2.24) is 29.6 Å². The SMILES string of the molecule is Cc1ccc(N)cc1C(=O)N[C@H](C)c1ccc(C#CC2CCN(CC3(C#N)CCN(C(=O)C4CCN(c5ccc6c(c5)n(C)c(=O)n6C5CCC(=O)NC5=O)CC4)CC3)CC2)c2ccccc12. The monoisotopic (exact) mass is 901 g/mol. The van der Waals surface area contributed by atoms with E-state index in [-0.39, 0.29) is 54.1 Å². The van der Waals surface area contributed by atoms with Gasteiger partial charge in [-0.2, -0.15) is 5.26 Å². The van der Waals surface area contributed by atoms with Gasteiger partial charge >= 0.3 is 5.69 Å². The molecule has 0 spiro atoms. The summed E-state index contributed by atoms with van der Waals surface area (Å²) in [6.07, 6.45) is 5.10. The van der Waals surface area contributed by atoms with E-state index in [0.29, 0.717) is 67.8 Å². The molecule has 1 aromatic heterocycles. The minimum atomic E-state index is -0.732. The number of rotatable bonds is 8. The summed E-state index contributed by atoms with van der Waals surface area (Å²) >= 11 is 0. The number of nitrogen functional groups attached to an aromatic ring is 1. The number of amides is 4. The number of nitrogens with zero attached hydrogens (tertiary/aromatic N) is 6. The van der Waals surface area contributed by atoms with Crippen molar-refractivity contribution in [3.63, 3.8) is 0 Å². The Kier molecular flexibility index (Phi) is 12.7. The molecule has 346 valence electrons. The van der Waals surface area contributed by atoms with Gasteiger partial charge < -0.3 is 25.8 Å². The van der Waals surface area contributed by atoms with Gasteiger partial charge in [0.1, 0.15) is 6.04 Å². The number of nitriles is 1. The van der Waals surface area contributed by atoms with Crippen LogP contribution in [-0.4, -0.2) is 88.4 Å². The third kappa shape index (κ3) is 9.15. The lowest BCUT2D eigenvalue weighted by molar-refractivity contribution is -0.138. The van der Waals surface area contributed by atoms with E-state index in [2.05, 4.69) is 62.6 Å². The van der Waals surface area contributed by atoms with E-state index in [1.807, 2.05) is 55.1 Å². The van der Waals surface area contributed by atoms with Gasteiger partial charge in [0, 0.05) is 80.5 Å². The third-order valence-corrected chi connectivity index (χ3v) is 14.9. The summed E-state index contributed by atoms with van der Waals surface area (Å²) < 4.78 is 3.04. The number of carbonyl (C=O) groups excluding carboxylic acids is 4. The Balaban J connectivity index is 0.755. The highest BCUT2D eigenvalue weighted by molar-refractivity contribution is 6.00. The van der Waals surface area contributed by atoms with Gasteiger partial charge in [0.05, 0.1) is 28.6 Å². The summed E-state index contributed by atoms with van der Waals surface area (Å²) in [6.45, 7) is 8.94. The van der Waals surface area contributed by atoms with Crippen LogP contribution in [0.2, 0.25) is 0 Å². The number of likely N-dealkylation sites (tertiary alicyclic amines) is 2. The maximum Gasteiger partial charge on any atom is 0.329 e. The summed E-state index contributed by atoms with van der Waals surface area (Å²) in [5.74, 6) is 6.49. The molecule has 4 saturated heterocycles. The van der Waals surface area contributed by atoms with Gasteiger partial charge in [0.15, 0.2) is 0 Å². The molecule has 14 heteroatoms. The third-order valence-electron chi connectivity index (χ3n) is 14.9. The lowest BCUT2D eigenvalue weighted by atomic mass is 9.78. The fraction of sp³-hybridized carbons (Fsp3) is 0.434. The first-order valence-corrected chi connectivity index (χ1v) is 23.7. The molecule has 1 unspecified atom stereocenters. The number of nitrogens with one attached hydrogen (secondary N) is 2. The van der Waals surface area contributed by atoms with Crippen LogP contribution in [0.1, 0.15) is 97.4 Å². The lowest BCUT2D eigenvalue weighted by Gasteiger charge is -2.43. The molecule has 9 rings (SSSR count). The Morgan fingerprint density at radius 3 is 2.33 bits per heavy atom. The van der Waals surface area contributed by atoms with Crippen molar-refractivity contribution in [2.75, 3.05) is 56.4 Å². The lowest BCUT2D eigenvalue weighted by Crippen LogP contribution is -2.50. The van der Waals surface area contributed by atoms with Gasteiger partial charge in [0.2, 0.25) is 17.7 Å². The number of aryl methyl sites for hydroxylation is 2. The maximum atomic E-state index is 13.9. The highest BCUT2D eigenvalue weighted by Gasteiger charge is 2.40. The average molecular weight is 902 g/mol. The van der Waals surface area contributed by atoms with Crippen molar-refractivity contribution in [3.05, 3.63) is 106 Å². The van der Waals surface area contributed by atoms with Crippen LogP contribution < -0.4 is 27.0 Å². The van der Waals surface area contributed by atoms with Crippen LogP contribution in [0.25, 0.3) is 21.8 Å². The number of carbonyl (C=O) groups is 4. The van der Waals surface area contributed by atoms with Crippen LogP contribution in [0.15, 0.2) is 77.6 Å². The van der Waals surface area contributed by atoms with Crippen molar-refractivity contribution in [2.45, 2.75) is 77.3 Å². The van der Waals surface area contributed by atoms with Crippen LogP contribution in [0.5, 0.6) is 0 Å². The zero-order valence-electron chi connectivity index (χ0n) is 38.6. The van der Waals surface area contributed by atoms with E-state index in [1.165, 1.54) is 4.57 Å². The molecular weight excluding hydrogens is 843 g/mol. The number of nitrogens with two attached hydrogens (primary N) is 1. The van der Waals surface area contributed by atoms with Crippen molar-refractivity contribution in [1.29, 1.82) is 5.26 Å². The number of piperidine rings is 4. The first-order valence-electron chi connectivity index (χ1n) is 23.7. The van der Waals surface area contributed by atoms with Crippen molar-refractivity contribution < 1.29 is 19.2 Å². The van der Waals surface area contributed by atoms with Gasteiger partial charge in [-0.3, -0.25) is 33.6 Å². The predicted octanol–water partition coefficient (Wildman–Crippen LogP) is 5.97. The van der Waals surface area contributed by atoms with Crippen LogP contribution in [-0.2, 0) is 21.4 Å². The predicted molar refractivity (Wildman–Crippen MR) is 259 cm³/mol. The summed E-state index contributed by atoms with van der Waals surface area (Å²) in [5.41, 5.74) is 11.5. The summed E-state index contributed by atoms with van der Waals surface area (Å²) in [7, 11) is 1.70. The Morgan fingerprint density at radius 1 is 0.881 bits per heavy atom. The van der Waals surface area contributed by atoms with E-state index in [9.17, 15) is 29.2 Å². The normalized spacial score (nSPS) is 19.9. The zero-order valence-corrected chi connectivity index (χ0v) is 38.6. The van der Waals surface area contributed by atoms with Gasteiger partial charge in [-0.15, -0.1) is 0 Å². The molecule has 5 heterocycles. The second kappa shape index (κ2) is 18.8. The Morgan fingerprint density at radius 2 is 1.61 bits per heavy atom. The van der Waals surface area contributed by atoms with Gasteiger partial charge in [-0.05, 0) is 130 Å². The van der Waals surface area contributed by atoms with E-state index in [4.69, 9.17) is 5.73 Å². The van der Waals surface area contributed by atoms with Gasteiger partial charge in [-0.25, -0.2) is 4.79 Å². The molecule has 5 aromatic rings. The summed E-state index contributed by atoms with van der Waals surface area (Å²) in [4.78, 5) is 71.4. The molecule has 4 aliphatic heterocycles. The highest BCUT2D eigenvalue weighted by Crippen LogP contribution is 2.36. The number of aromatic nitrogens is 2. The standard InChI is InChI=1S/C53H59N9O5/c1-34-8-12-39(55)30-44(34)49(64)56-35(2)41-14-11-37(42-6-4-5-7-43(41)42)10-9-36-18-24-59(25-19-36)33-53(32-54)22-28-61(29-23-53)51(66)38-20-26-60(27-21-38)40-13-15-45-47(31-40)58(3)52(67)62(45)46-16-17-48(63)57-50(46)65/h4-8,11-15,30-31,35-36,38,46H,16-29,33,55H2,1-3H3,(H,56,64)(H,57,63,65)/t35-,46?/m1/s1. The van der Waals surface area contributed by atoms with E-state index >= 15 is 0 Å². The van der Waals surface area contributed by atoms with Crippen molar-refractivity contribution in [3.8, 4) is 17.9 Å². The number of hydrogen-bond donors (Lipinski definition) is 3. The molecular formula is C53H59N9O5. The molecule has 4 N–H and O–H groups in total. The van der Waals surface area contributed by atoms with E-state index < -0.39 is 17.4 Å². The first kappa shape index (κ1) is 45.3. The number of benzene rings is 4. The molecule has 0 radical (unpaired) electrons. The van der Waals surface area contributed by atoms with Crippen LogP contribution >= 0.6 is 0 Å². The first-order chi connectivity index (χ1) is 32.3. The second-order valence-electron chi connectivity index (χ2n) is 19.2. The molecule has 67 heavy (non-hydrogen) atoms. The van der Waals surface area contributed by atoms with Crippen LogP contribution in [0.4, 0.5) is 11.4 Å². The topological polar surface area (TPSA) is 179 Å². The number of fused-ring (bicyclic) bond motifs is 2. The Bertz CT molecular complexity index is 2930. The minimum absolute atomic E-state index is 0.0789. The second-order valence-corrected chi connectivity index (χ2v) is 19.2. The number of imidazole rings is 1. The van der Waals surface area contributed by atoms with Gasteiger partial charge in [-0.1, -0.05) is 48.2 Å². The number of hydrogen-bond acceptors (Lipinski definition) is 9. The summed E-state index contributed by atoms with van der Waals surface area (Å²) in [5, 5.41) is 18.1. The highest BCUT2D eigenvalue weighted by atomic mass is 16.2. The molecule has 2 atom stereocenters. The summed E-state index contributed by atoms with van der Waals surface area (Å²) in [6, 6.07) is 25.3. The van der Waals surface area contributed by atoms with E-state index in [0.717, 1.165) is 71.9 Å². The van der Waals surface area contributed by atoms with Crippen molar-refractivity contribution in [2.24, 2.45) is 24.3 Å². The molecule has 4 fully saturated rings. The Labute approximate surface area is 391 Å². The van der Waals surface area contributed by atoms with Crippen molar-refractivity contribution >= 4 is 56.8 Å². The molecule has 4 aliphatic rings. The van der Waals surface area contributed by atoms with Crippen LogP contribution in [0, 0.1) is 47.3 Å². The minimum Gasteiger partial charge on any atom is -0.399 e. The Hall–Kier alpha value is -6.90. The quantitative estimate of drug-likeness (QED) is 0.0963. The zero-order chi connectivity index (χ0) is 47.0. The maximum absolute atomic E-state index is 13.9. The fourth-order valence-corrected chi connectivity index (χ4v) is 10.8. The molecule has 0 aliphatic carbocycles.